The van der Waals surface area contributed by atoms with Gasteiger partial charge in [0.15, 0.2) is 8.32 Å². The zero-order valence-corrected chi connectivity index (χ0v) is 12.1. The highest BCUT2D eigenvalue weighted by atomic mass is 28.4. The van der Waals surface area contributed by atoms with Gasteiger partial charge >= 0.3 is 0 Å². The lowest BCUT2D eigenvalue weighted by Gasteiger charge is -2.39. The Kier molecular flexibility index (Phi) is 4.15. The molecule has 0 N–H and O–H groups in total. The Bertz CT molecular complexity index is 276. The SMILES string of the molecule is C=C[C@@H](O[Si](C)(C)C(C)(C)C)[C@H]1C=CCO1. The fraction of sp³-hybridized carbons (Fsp3) is 0.692. The summed E-state index contributed by atoms with van der Waals surface area (Å²) in [6.07, 6.45) is 6.00. The summed E-state index contributed by atoms with van der Waals surface area (Å²) in [6, 6.07) is 0. The summed E-state index contributed by atoms with van der Waals surface area (Å²) < 4.78 is 11.9. The fourth-order valence-corrected chi connectivity index (χ4v) is 2.65. The zero-order valence-electron chi connectivity index (χ0n) is 11.1. The van der Waals surface area contributed by atoms with Gasteiger partial charge in [0.25, 0.3) is 0 Å². The number of hydrogen-bond acceptors (Lipinski definition) is 2. The largest absolute Gasteiger partial charge is 0.408 e. The van der Waals surface area contributed by atoms with Gasteiger partial charge in [-0.2, -0.15) is 0 Å². The average molecular weight is 240 g/mol. The molecule has 0 radical (unpaired) electrons. The molecule has 92 valence electrons. The second-order valence-corrected chi connectivity index (χ2v) is 10.6. The van der Waals surface area contributed by atoms with Gasteiger partial charge in [0.2, 0.25) is 0 Å². The van der Waals surface area contributed by atoms with Crippen LogP contribution in [-0.2, 0) is 9.16 Å². The molecule has 2 nitrogen and oxygen atoms in total. The molecule has 16 heavy (non-hydrogen) atoms. The molecule has 0 amide bonds. The third-order valence-corrected chi connectivity index (χ3v) is 7.98. The van der Waals surface area contributed by atoms with Gasteiger partial charge < -0.3 is 9.16 Å². The second kappa shape index (κ2) is 4.86. The molecule has 0 aromatic carbocycles. The molecule has 3 heteroatoms. The molecule has 2 atom stereocenters. The van der Waals surface area contributed by atoms with Gasteiger partial charge in [-0.3, -0.25) is 0 Å². The summed E-state index contributed by atoms with van der Waals surface area (Å²) in [4.78, 5) is 0. The molecule has 0 spiro atoms. The quantitative estimate of drug-likeness (QED) is 0.553. The number of hydrogen-bond donors (Lipinski definition) is 0. The number of ether oxygens (including phenoxy) is 1. The van der Waals surface area contributed by atoms with Crippen LogP contribution in [0.25, 0.3) is 0 Å². The van der Waals surface area contributed by atoms with Gasteiger partial charge in [0.1, 0.15) is 6.10 Å². The maximum absolute atomic E-state index is 6.28. The summed E-state index contributed by atoms with van der Waals surface area (Å²) >= 11 is 0. The van der Waals surface area contributed by atoms with Crippen molar-refractivity contribution in [3.8, 4) is 0 Å². The second-order valence-electron chi connectivity index (χ2n) is 5.80. The highest BCUT2D eigenvalue weighted by Crippen LogP contribution is 2.38. The molecule has 1 aliphatic rings. The Balaban J connectivity index is 2.69. The maximum atomic E-state index is 6.28. The van der Waals surface area contributed by atoms with E-state index < -0.39 is 8.32 Å². The highest BCUT2D eigenvalue weighted by molar-refractivity contribution is 6.74. The van der Waals surface area contributed by atoms with Gasteiger partial charge in [-0.15, -0.1) is 6.58 Å². The van der Waals surface area contributed by atoms with E-state index in [1.807, 2.05) is 12.2 Å². The standard InChI is InChI=1S/C13H24O2Si/c1-7-11(12-9-8-10-14-12)15-16(5,6)13(2,3)4/h7-9,11-12H,1,10H2,2-6H3/t11-,12-/m1/s1. The van der Waals surface area contributed by atoms with E-state index in [4.69, 9.17) is 9.16 Å². The van der Waals surface area contributed by atoms with Crippen molar-refractivity contribution in [3.63, 3.8) is 0 Å². The summed E-state index contributed by atoms with van der Waals surface area (Å²) in [5.41, 5.74) is 0. The van der Waals surface area contributed by atoms with Crippen LogP contribution < -0.4 is 0 Å². The minimum Gasteiger partial charge on any atom is -0.408 e. The Morgan fingerprint density at radius 3 is 2.50 bits per heavy atom. The van der Waals surface area contributed by atoms with E-state index in [9.17, 15) is 0 Å². The first kappa shape index (κ1) is 13.7. The molecule has 0 unspecified atom stereocenters. The van der Waals surface area contributed by atoms with Crippen molar-refractivity contribution < 1.29 is 9.16 Å². The molecule has 0 bridgehead atoms. The Morgan fingerprint density at radius 2 is 2.12 bits per heavy atom. The van der Waals surface area contributed by atoms with Crippen LogP contribution in [0.2, 0.25) is 18.1 Å². The minimum absolute atomic E-state index is 0.0142. The predicted molar refractivity (Wildman–Crippen MR) is 71.1 cm³/mol. The third kappa shape index (κ3) is 3.06. The predicted octanol–water partition coefficient (Wildman–Crippen LogP) is 3.52. The van der Waals surface area contributed by atoms with Crippen molar-refractivity contribution in [2.75, 3.05) is 6.61 Å². The van der Waals surface area contributed by atoms with Gasteiger partial charge in [-0.25, -0.2) is 0 Å². The lowest BCUT2D eigenvalue weighted by atomic mass is 10.2. The molecule has 0 saturated carbocycles. The van der Waals surface area contributed by atoms with Crippen molar-refractivity contribution in [1.29, 1.82) is 0 Å². The van der Waals surface area contributed by atoms with Crippen molar-refractivity contribution in [2.24, 2.45) is 0 Å². The van der Waals surface area contributed by atoms with Gasteiger partial charge in [-0.05, 0) is 18.1 Å². The summed E-state index contributed by atoms with van der Waals surface area (Å²) in [7, 11) is -1.74. The average Bonchev–Trinajstić information content (AvgIpc) is 2.65. The summed E-state index contributed by atoms with van der Waals surface area (Å²) in [5.74, 6) is 0. The molecular weight excluding hydrogens is 216 g/mol. The highest BCUT2D eigenvalue weighted by Gasteiger charge is 2.40. The number of rotatable bonds is 4. The maximum Gasteiger partial charge on any atom is 0.193 e. The van der Waals surface area contributed by atoms with Crippen LogP contribution in [-0.4, -0.2) is 27.1 Å². The van der Waals surface area contributed by atoms with Crippen molar-refractivity contribution in [2.45, 2.75) is 51.1 Å². The molecule has 0 aliphatic carbocycles. The normalized spacial score (nSPS) is 23.4. The molecule has 0 aromatic rings. The van der Waals surface area contributed by atoms with Crippen molar-refractivity contribution in [1.82, 2.24) is 0 Å². The van der Waals surface area contributed by atoms with Crippen LogP contribution >= 0.6 is 0 Å². The van der Waals surface area contributed by atoms with Crippen LogP contribution in [0, 0.1) is 0 Å². The van der Waals surface area contributed by atoms with Crippen molar-refractivity contribution in [3.05, 3.63) is 24.8 Å². The van der Waals surface area contributed by atoms with Crippen LogP contribution in [0.3, 0.4) is 0 Å². The minimum atomic E-state index is -1.74. The smallest absolute Gasteiger partial charge is 0.193 e. The van der Waals surface area contributed by atoms with Crippen LogP contribution in [0.1, 0.15) is 20.8 Å². The van der Waals surface area contributed by atoms with Crippen LogP contribution in [0.5, 0.6) is 0 Å². The van der Waals surface area contributed by atoms with E-state index in [0.29, 0.717) is 6.61 Å². The van der Waals surface area contributed by atoms with Crippen LogP contribution in [0.4, 0.5) is 0 Å². The van der Waals surface area contributed by atoms with Gasteiger partial charge in [0, 0.05) is 0 Å². The zero-order chi connectivity index (χ0) is 12.4. The lowest BCUT2D eigenvalue weighted by Crippen LogP contribution is -2.46. The van der Waals surface area contributed by atoms with E-state index in [1.165, 1.54) is 0 Å². The molecule has 0 saturated heterocycles. The lowest BCUT2D eigenvalue weighted by molar-refractivity contribution is 0.0438. The summed E-state index contributed by atoms with van der Waals surface area (Å²) in [5, 5.41) is 0.219. The molecule has 1 rings (SSSR count). The molecular formula is C13H24O2Si. The van der Waals surface area contributed by atoms with Crippen LogP contribution in [0.15, 0.2) is 24.8 Å². The first-order valence-electron chi connectivity index (χ1n) is 5.86. The molecule has 0 aromatic heterocycles. The van der Waals surface area contributed by atoms with E-state index in [1.54, 1.807) is 0 Å². The fourth-order valence-electron chi connectivity index (χ4n) is 1.38. The summed E-state index contributed by atoms with van der Waals surface area (Å²) in [6.45, 7) is 15.8. The van der Waals surface area contributed by atoms with E-state index >= 15 is 0 Å². The third-order valence-electron chi connectivity index (χ3n) is 3.50. The topological polar surface area (TPSA) is 18.5 Å². The van der Waals surface area contributed by atoms with Crippen molar-refractivity contribution >= 4 is 8.32 Å². The first-order valence-corrected chi connectivity index (χ1v) is 8.77. The molecule has 1 heterocycles. The van der Waals surface area contributed by atoms with E-state index in [-0.39, 0.29) is 17.2 Å². The molecule has 0 fully saturated rings. The Hall–Kier alpha value is -0.383. The van der Waals surface area contributed by atoms with Gasteiger partial charge in [-0.1, -0.05) is 39.0 Å². The Morgan fingerprint density at radius 1 is 1.50 bits per heavy atom. The Labute approximate surface area is 100 Å². The monoisotopic (exact) mass is 240 g/mol. The first-order chi connectivity index (χ1) is 7.28. The van der Waals surface area contributed by atoms with E-state index in [2.05, 4.69) is 46.5 Å². The van der Waals surface area contributed by atoms with E-state index in [0.717, 1.165) is 0 Å². The molecule has 1 aliphatic heterocycles. The van der Waals surface area contributed by atoms with Gasteiger partial charge in [0.05, 0.1) is 12.7 Å².